The first-order valence-corrected chi connectivity index (χ1v) is 7.00. The van der Waals surface area contributed by atoms with Gasteiger partial charge in [-0.25, -0.2) is 9.97 Å². The maximum absolute atomic E-state index is 10.7. The Labute approximate surface area is 121 Å². The fraction of sp³-hybridized carbons (Fsp3) is 0.429. The van der Waals surface area contributed by atoms with Crippen LogP contribution in [0.3, 0.4) is 0 Å². The molecule has 110 valence electrons. The van der Waals surface area contributed by atoms with Gasteiger partial charge in [0.1, 0.15) is 6.61 Å². The largest absolute Gasteiger partial charge is 0.475 e. The van der Waals surface area contributed by atoms with Crippen molar-refractivity contribution in [3.05, 3.63) is 34.5 Å². The van der Waals surface area contributed by atoms with Crippen LogP contribution in [0, 0.1) is 10.1 Å². The zero-order valence-electron chi connectivity index (χ0n) is 11.5. The van der Waals surface area contributed by atoms with Gasteiger partial charge in [-0.1, -0.05) is 6.42 Å². The summed E-state index contributed by atoms with van der Waals surface area (Å²) < 4.78 is 5.66. The smallest absolute Gasteiger partial charge is 0.271 e. The Hall–Kier alpha value is -2.28. The number of nitrogens with one attached hydrogen (secondary N) is 1. The summed E-state index contributed by atoms with van der Waals surface area (Å²) in [7, 11) is 0. The first-order chi connectivity index (χ1) is 10.2. The lowest BCUT2D eigenvalue weighted by atomic mass is 10.1. The molecule has 0 saturated carbocycles. The molecule has 21 heavy (non-hydrogen) atoms. The molecule has 7 heteroatoms. The number of fused-ring (bicyclic) bond motifs is 1. The highest BCUT2D eigenvalue weighted by atomic mass is 16.6. The molecule has 1 aliphatic rings. The predicted molar refractivity (Wildman–Crippen MR) is 77.3 cm³/mol. The van der Waals surface area contributed by atoms with Crippen molar-refractivity contribution in [2.24, 2.45) is 0 Å². The van der Waals surface area contributed by atoms with Crippen molar-refractivity contribution in [3.8, 4) is 5.88 Å². The molecule has 0 bridgehead atoms. The van der Waals surface area contributed by atoms with Crippen molar-refractivity contribution in [1.29, 1.82) is 0 Å². The first-order valence-electron chi connectivity index (χ1n) is 7.00. The molecule has 2 aromatic rings. The molecule has 7 nitrogen and oxygen atoms in total. The Morgan fingerprint density at radius 1 is 1.38 bits per heavy atom. The monoisotopic (exact) mass is 288 g/mol. The van der Waals surface area contributed by atoms with E-state index in [1.54, 1.807) is 6.07 Å². The van der Waals surface area contributed by atoms with E-state index < -0.39 is 4.92 Å². The lowest BCUT2D eigenvalue weighted by Crippen LogP contribution is -2.38. The molecule has 1 aromatic heterocycles. The molecule has 1 aliphatic heterocycles. The average Bonchev–Trinajstić information content (AvgIpc) is 2.53. The molecular weight excluding hydrogens is 272 g/mol. The van der Waals surface area contributed by atoms with E-state index in [4.69, 9.17) is 4.74 Å². The van der Waals surface area contributed by atoms with Crippen LogP contribution in [0.15, 0.2) is 24.4 Å². The van der Waals surface area contributed by atoms with Crippen LogP contribution in [-0.4, -0.2) is 34.1 Å². The molecule has 1 aromatic carbocycles. The van der Waals surface area contributed by atoms with E-state index in [9.17, 15) is 10.1 Å². The van der Waals surface area contributed by atoms with E-state index >= 15 is 0 Å². The Morgan fingerprint density at radius 3 is 3.05 bits per heavy atom. The van der Waals surface area contributed by atoms with Crippen LogP contribution < -0.4 is 10.1 Å². The maximum atomic E-state index is 10.7. The summed E-state index contributed by atoms with van der Waals surface area (Å²) in [5, 5.41) is 14.1. The molecule has 0 aliphatic carbocycles. The van der Waals surface area contributed by atoms with Gasteiger partial charge in [-0.05, 0) is 25.5 Å². The minimum atomic E-state index is -0.444. The maximum Gasteiger partial charge on any atom is 0.271 e. The van der Waals surface area contributed by atoms with E-state index in [-0.39, 0.29) is 5.69 Å². The quantitative estimate of drug-likeness (QED) is 0.684. The van der Waals surface area contributed by atoms with Gasteiger partial charge in [0, 0.05) is 18.2 Å². The number of ether oxygens (including phenoxy) is 1. The minimum absolute atomic E-state index is 0.0110. The van der Waals surface area contributed by atoms with Crippen LogP contribution in [0.1, 0.15) is 19.3 Å². The molecule has 1 N–H and O–H groups in total. The van der Waals surface area contributed by atoms with Crippen LogP contribution in [0.5, 0.6) is 5.88 Å². The van der Waals surface area contributed by atoms with Crippen molar-refractivity contribution < 1.29 is 9.66 Å². The summed E-state index contributed by atoms with van der Waals surface area (Å²) in [4.78, 5) is 18.8. The third kappa shape index (κ3) is 3.25. The fourth-order valence-corrected chi connectivity index (χ4v) is 2.42. The van der Waals surface area contributed by atoms with Crippen molar-refractivity contribution in [2.75, 3.05) is 13.2 Å². The highest BCUT2D eigenvalue weighted by Gasteiger charge is 2.14. The van der Waals surface area contributed by atoms with Gasteiger partial charge in [0.05, 0.1) is 22.2 Å². The molecule has 2 heterocycles. The summed E-state index contributed by atoms with van der Waals surface area (Å²) in [6, 6.07) is 4.78. The van der Waals surface area contributed by atoms with Gasteiger partial charge >= 0.3 is 0 Å². The van der Waals surface area contributed by atoms with Gasteiger partial charge in [-0.15, -0.1) is 0 Å². The van der Waals surface area contributed by atoms with E-state index in [0.717, 1.165) is 13.0 Å². The van der Waals surface area contributed by atoms with Crippen LogP contribution >= 0.6 is 0 Å². The Balaban J connectivity index is 1.71. The van der Waals surface area contributed by atoms with Crippen LogP contribution in [0.2, 0.25) is 0 Å². The fourth-order valence-electron chi connectivity index (χ4n) is 2.42. The Kier molecular flexibility index (Phi) is 3.92. The second kappa shape index (κ2) is 6.01. The number of piperidine rings is 1. The highest BCUT2D eigenvalue weighted by Crippen LogP contribution is 2.20. The van der Waals surface area contributed by atoms with Gasteiger partial charge in [0.25, 0.3) is 5.69 Å². The second-order valence-electron chi connectivity index (χ2n) is 5.10. The summed E-state index contributed by atoms with van der Waals surface area (Å²) in [5.74, 6) is 0.448. The molecule has 1 fully saturated rings. The molecule has 1 saturated heterocycles. The van der Waals surface area contributed by atoms with Crippen LogP contribution in [0.4, 0.5) is 5.69 Å². The van der Waals surface area contributed by atoms with Crippen LogP contribution in [0.25, 0.3) is 11.0 Å². The van der Waals surface area contributed by atoms with E-state index in [1.165, 1.54) is 31.2 Å². The Morgan fingerprint density at radius 2 is 2.29 bits per heavy atom. The van der Waals surface area contributed by atoms with Crippen molar-refractivity contribution in [2.45, 2.75) is 25.3 Å². The Bertz CT molecular complexity index is 656. The lowest BCUT2D eigenvalue weighted by Gasteiger charge is -2.23. The molecule has 0 unspecified atom stereocenters. The average molecular weight is 288 g/mol. The molecule has 0 spiro atoms. The zero-order valence-corrected chi connectivity index (χ0v) is 11.5. The number of nitro benzene ring substituents is 1. The number of nitrogens with zero attached hydrogens (tertiary/aromatic N) is 3. The lowest BCUT2D eigenvalue weighted by molar-refractivity contribution is -0.384. The van der Waals surface area contributed by atoms with Crippen molar-refractivity contribution >= 4 is 16.7 Å². The van der Waals surface area contributed by atoms with Crippen LogP contribution in [-0.2, 0) is 0 Å². The molecule has 0 radical (unpaired) electrons. The SMILES string of the molecule is O=[N+]([O-])c1ccc2nc(OC[C@@H]3CCCCN3)cnc2c1. The third-order valence-electron chi connectivity index (χ3n) is 3.56. The number of hydrogen-bond donors (Lipinski definition) is 1. The van der Waals surface area contributed by atoms with E-state index in [2.05, 4.69) is 15.3 Å². The van der Waals surface area contributed by atoms with Gasteiger partial charge < -0.3 is 10.1 Å². The number of non-ortho nitro benzene ring substituents is 1. The summed E-state index contributed by atoms with van der Waals surface area (Å²) in [6.07, 6.45) is 5.04. The van der Waals surface area contributed by atoms with Gasteiger partial charge in [0.2, 0.25) is 5.88 Å². The van der Waals surface area contributed by atoms with Gasteiger partial charge in [-0.3, -0.25) is 10.1 Å². The number of hydrogen-bond acceptors (Lipinski definition) is 6. The number of nitro groups is 1. The summed E-state index contributed by atoms with van der Waals surface area (Å²) >= 11 is 0. The molecule has 0 amide bonds. The normalized spacial score (nSPS) is 18.6. The number of benzene rings is 1. The predicted octanol–water partition coefficient (Wildman–Crippen LogP) is 2.06. The molecule has 1 atom stereocenters. The number of aromatic nitrogens is 2. The first kappa shape index (κ1) is 13.7. The topological polar surface area (TPSA) is 90.2 Å². The van der Waals surface area contributed by atoms with Crippen molar-refractivity contribution in [3.63, 3.8) is 0 Å². The number of rotatable bonds is 4. The van der Waals surface area contributed by atoms with Gasteiger partial charge in [-0.2, -0.15) is 0 Å². The zero-order chi connectivity index (χ0) is 14.7. The molecule has 3 rings (SSSR count). The van der Waals surface area contributed by atoms with Crippen molar-refractivity contribution in [1.82, 2.24) is 15.3 Å². The summed E-state index contributed by atoms with van der Waals surface area (Å²) in [5.41, 5.74) is 1.10. The highest BCUT2D eigenvalue weighted by molar-refractivity contribution is 5.77. The van der Waals surface area contributed by atoms with E-state index in [1.807, 2.05) is 0 Å². The van der Waals surface area contributed by atoms with Gasteiger partial charge in [0.15, 0.2) is 0 Å². The molecular formula is C14H16N4O3. The third-order valence-corrected chi connectivity index (χ3v) is 3.56. The standard InChI is InChI=1S/C14H16N4O3/c19-18(20)11-4-5-12-13(7-11)16-8-14(17-12)21-9-10-3-1-2-6-15-10/h4-5,7-8,10,15H,1-3,6,9H2/t10-/m0/s1. The second-order valence-corrected chi connectivity index (χ2v) is 5.10. The van der Waals surface area contributed by atoms with E-state index in [0.29, 0.717) is 29.6 Å². The minimum Gasteiger partial charge on any atom is -0.475 e. The summed E-state index contributed by atoms with van der Waals surface area (Å²) in [6.45, 7) is 1.59.